The van der Waals surface area contributed by atoms with Gasteiger partial charge in [0.1, 0.15) is 12.4 Å². The summed E-state index contributed by atoms with van der Waals surface area (Å²) in [6, 6.07) is 3.41. The maximum Gasteiger partial charge on any atom is 0.276 e. The Morgan fingerprint density at radius 2 is 1.77 bits per heavy atom. The summed E-state index contributed by atoms with van der Waals surface area (Å²) in [5.41, 5.74) is 2.16. The summed E-state index contributed by atoms with van der Waals surface area (Å²) >= 11 is 0. The lowest BCUT2D eigenvalue weighted by atomic mass is 10.3. The number of carbonyl (C=O) groups excluding carboxylic acids is 2. The van der Waals surface area contributed by atoms with Gasteiger partial charge >= 0.3 is 0 Å². The zero-order valence-corrected chi connectivity index (χ0v) is 17.3. The van der Waals surface area contributed by atoms with Crippen LogP contribution in [0.5, 0.6) is 0 Å². The van der Waals surface area contributed by atoms with E-state index in [2.05, 4.69) is 31.0 Å². The number of aromatic nitrogens is 8. The van der Waals surface area contributed by atoms with Crippen LogP contribution >= 0.6 is 0 Å². The lowest BCUT2D eigenvalue weighted by molar-refractivity contribution is 0.101. The van der Waals surface area contributed by atoms with Crippen molar-refractivity contribution in [1.82, 2.24) is 39.1 Å². The van der Waals surface area contributed by atoms with Crippen molar-refractivity contribution in [2.45, 2.75) is 27.1 Å². The normalized spacial score (nSPS) is 10.9. The van der Waals surface area contributed by atoms with Gasteiger partial charge in [-0.2, -0.15) is 20.4 Å². The molecule has 12 nitrogen and oxygen atoms in total. The van der Waals surface area contributed by atoms with Gasteiger partial charge in [0, 0.05) is 32.2 Å². The Morgan fingerprint density at radius 3 is 2.45 bits per heavy atom. The number of hydrogen-bond donors (Lipinski definition) is 2. The van der Waals surface area contributed by atoms with Crippen LogP contribution in [0.1, 0.15) is 33.6 Å². The Kier molecular flexibility index (Phi) is 5.35. The quantitative estimate of drug-likeness (QED) is 0.462. The minimum atomic E-state index is -0.443. The number of anilines is 2. The molecular formula is C19H22N10O2. The Labute approximate surface area is 177 Å². The van der Waals surface area contributed by atoms with E-state index < -0.39 is 11.8 Å². The van der Waals surface area contributed by atoms with Crippen LogP contribution in [0.2, 0.25) is 0 Å². The average Bonchev–Trinajstić information content (AvgIpc) is 3.54. The van der Waals surface area contributed by atoms with Gasteiger partial charge < -0.3 is 10.6 Å². The smallest absolute Gasteiger partial charge is 0.276 e. The van der Waals surface area contributed by atoms with Crippen molar-refractivity contribution in [3.8, 4) is 0 Å². The number of nitrogens with zero attached hydrogens (tertiary/aromatic N) is 8. The van der Waals surface area contributed by atoms with E-state index in [9.17, 15) is 9.59 Å². The van der Waals surface area contributed by atoms with E-state index in [4.69, 9.17) is 0 Å². The van der Waals surface area contributed by atoms with E-state index >= 15 is 0 Å². The second-order valence-corrected chi connectivity index (χ2v) is 6.83. The molecule has 0 aliphatic carbocycles. The lowest BCUT2D eigenvalue weighted by Gasteiger charge is -2.09. The highest BCUT2D eigenvalue weighted by molar-refractivity contribution is 6.11. The number of rotatable bonds is 7. The van der Waals surface area contributed by atoms with Crippen molar-refractivity contribution in [2.75, 3.05) is 10.6 Å². The number of aryl methyl sites for hydroxylation is 2. The third-order valence-electron chi connectivity index (χ3n) is 4.81. The highest BCUT2D eigenvalue weighted by atomic mass is 16.2. The molecule has 0 saturated heterocycles. The molecule has 0 aliphatic heterocycles. The zero-order valence-electron chi connectivity index (χ0n) is 17.3. The first-order valence-corrected chi connectivity index (χ1v) is 9.64. The predicted octanol–water partition coefficient (Wildman–Crippen LogP) is 1.35. The van der Waals surface area contributed by atoms with Gasteiger partial charge in [-0.15, -0.1) is 0 Å². The third kappa shape index (κ3) is 4.08. The highest BCUT2D eigenvalue weighted by Crippen LogP contribution is 2.20. The van der Waals surface area contributed by atoms with Gasteiger partial charge in [-0.1, -0.05) is 0 Å². The molecule has 4 heterocycles. The van der Waals surface area contributed by atoms with Gasteiger partial charge in [0.25, 0.3) is 11.8 Å². The molecule has 160 valence electrons. The second-order valence-electron chi connectivity index (χ2n) is 6.83. The molecule has 0 atom stereocenters. The molecule has 0 fully saturated rings. The maximum atomic E-state index is 12.9. The standard InChI is InChI=1S/C19H22N10O2/c1-4-29-17(19(31)23-15-10-21-26(3)13(15)2)16(11-22-29)24-18(30)14-6-9-28(25-14)12-27-8-5-7-20-27/h5-11H,4,12H2,1-3H3,(H,23,31)(H,24,30). The van der Waals surface area contributed by atoms with E-state index in [1.165, 1.54) is 10.9 Å². The van der Waals surface area contributed by atoms with Gasteiger partial charge in [-0.3, -0.25) is 28.3 Å². The number of hydrogen-bond acceptors (Lipinski definition) is 6. The third-order valence-corrected chi connectivity index (χ3v) is 4.81. The van der Waals surface area contributed by atoms with E-state index in [-0.39, 0.29) is 11.4 Å². The van der Waals surface area contributed by atoms with E-state index in [0.29, 0.717) is 24.6 Å². The molecule has 2 amide bonds. The molecule has 0 aromatic carbocycles. The van der Waals surface area contributed by atoms with Crippen LogP contribution in [0.4, 0.5) is 11.4 Å². The molecule has 4 aromatic rings. The Morgan fingerprint density at radius 1 is 1.00 bits per heavy atom. The summed E-state index contributed by atoms with van der Waals surface area (Å²) in [4.78, 5) is 25.7. The number of carbonyl (C=O) groups is 2. The summed E-state index contributed by atoms with van der Waals surface area (Å²) in [5, 5.41) is 22.3. The monoisotopic (exact) mass is 422 g/mol. The van der Waals surface area contributed by atoms with Crippen molar-refractivity contribution in [3.63, 3.8) is 0 Å². The molecule has 12 heteroatoms. The number of amides is 2. The molecule has 4 rings (SSSR count). The van der Waals surface area contributed by atoms with Gasteiger partial charge in [-0.25, -0.2) is 0 Å². The van der Waals surface area contributed by atoms with Crippen molar-refractivity contribution < 1.29 is 9.59 Å². The molecule has 0 saturated carbocycles. The first-order valence-electron chi connectivity index (χ1n) is 9.64. The Hall–Kier alpha value is -4.22. The van der Waals surface area contributed by atoms with Crippen LogP contribution in [-0.2, 0) is 20.3 Å². The number of nitrogens with one attached hydrogen (secondary N) is 2. The zero-order chi connectivity index (χ0) is 22.0. The highest BCUT2D eigenvalue weighted by Gasteiger charge is 2.22. The summed E-state index contributed by atoms with van der Waals surface area (Å²) in [6.07, 6.45) is 8.18. The Balaban J connectivity index is 1.51. The fourth-order valence-electron chi connectivity index (χ4n) is 3.04. The van der Waals surface area contributed by atoms with Crippen molar-refractivity contribution in [1.29, 1.82) is 0 Å². The van der Waals surface area contributed by atoms with Crippen LogP contribution in [0.25, 0.3) is 0 Å². The largest absolute Gasteiger partial charge is 0.318 e. The van der Waals surface area contributed by atoms with Gasteiger partial charge in [0.2, 0.25) is 0 Å². The minimum Gasteiger partial charge on any atom is -0.318 e. The second kappa shape index (κ2) is 8.26. The van der Waals surface area contributed by atoms with Crippen LogP contribution < -0.4 is 10.6 Å². The van der Waals surface area contributed by atoms with Crippen molar-refractivity contribution in [3.05, 3.63) is 60.2 Å². The summed E-state index contributed by atoms with van der Waals surface area (Å²) < 4.78 is 6.46. The topological polar surface area (TPSA) is 129 Å². The molecule has 4 aromatic heterocycles. The van der Waals surface area contributed by atoms with E-state index in [0.717, 1.165) is 5.69 Å². The molecule has 2 N–H and O–H groups in total. The van der Waals surface area contributed by atoms with Gasteiger partial charge in [-0.05, 0) is 26.0 Å². The average molecular weight is 422 g/mol. The first-order chi connectivity index (χ1) is 15.0. The summed E-state index contributed by atoms with van der Waals surface area (Å²) in [5.74, 6) is -0.837. The van der Waals surface area contributed by atoms with Crippen LogP contribution in [-0.4, -0.2) is 50.9 Å². The van der Waals surface area contributed by atoms with Crippen LogP contribution in [0, 0.1) is 6.92 Å². The Bertz CT molecular complexity index is 1210. The fraction of sp³-hybridized carbons (Fsp3) is 0.263. The summed E-state index contributed by atoms with van der Waals surface area (Å²) in [6.45, 7) is 4.55. The minimum absolute atomic E-state index is 0.214. The summed E-state index contributed by atoms with van der Waals surface area (Å²) in [7, 11) is 1.79. The molecular weight excluding hydrogens is 400 g/mol. The van der Waals surface area contributed by atoms with E-state index in [1.54, 1.807) is 51.9 Å². The van der Waals surface area contributed by atoms with Crippen LogP contribution in [0.15, 0.2) is 43.1 Å². The SMILES string of the molecule is CCn1ncc(NC(=O)c2ccn(Cn3cccn3)n2)c1C(=O)Nc1cnn(C)c1C. The predicted molar refractivity (Wildman–Crippen MR) is 112 cm³/mol. The van der Waals surface area contributed by atoms with E-state index in [1.807, 2.05) is 19.9 Å². The van der Waals surface area contributed by atoms with Gasteiger partial charge in [0.05, 0.1) is 29.5 Å². The maximum absolute atomic E-state index is 12.9. The van der Waals surface area contributed by atoms with Crippen molar-refractivity contribution in [2.24, 2.45) is 7.05 Å². The first kappa shape index (κ1) is 20.1. The molecule has 0 bridgehead atoms. The van der Waals surface area contributed by atoms with Crippen molar-refractivity contribution >= 4 is 23.2 Å². The molecule has 31 heavy (non-hydrogen) atoms. The molecule has 0 radical (unpaired) electrons. The fourth-order valence-corrected chi connectivity index (χ4v) is 3.04. The van der Waals surface area contributed by atoms with Crippen LogP contribution in [0.3, 0.4) is 0 Å². The molecule has 0 aliphatic rings. The molecule has 0 spiro atoms. The lowest BCUT2D eigenvalue weighted by Crippen LogP contribution is -2.21. The van der Waals surface area contributed by atoms with Gasteiger partial charge in [0.15, 0.2) is 5.69 Å². The molecule has 0 unspecified atom stereocenters.